The van der Waals surface area contributed by atoms with Crippen LogP contribution < -0.4 is 4.74 Å². The molecule has 0 aliphatic carbocycles. The highest BCUT2D eigenvalue weighted by Crippen LogP contribution is 2.15. The van der Waals surface area contributed by atoms with E-state index < -0.39 is 10.9 Å². The summed E-state index contributed by atoms with van der Waals surface area (Å²) in [6, 6.07) is 7.65. The van der Waals surface area contributed by atoms with Gasteiger partial charge in [0.1, 0.15) is 12.4 Å². The Morgan fingerprint density at radius 3 is 2.89 bits per heavy atom. The molecule has 0 atom stereocenters. The number of ether oxygens (including phenoxy) is 1. The van der Waals surface area contributed by atoms with Crippen molar-refractivity contribution in [3.63, 3.8) is 0 Å². The molecule has 7 heteroatoms. The van der Waals surface area contributed by atoms with Crippen molar-refractivity contribution in [1.82, 2.24) is 14.8 Å². The van der Waals surface area contributed by atoms with Gasteiger partial charge in [-0.3, -0.25) is 0 Å². The first-order valence-electron chi connectivity index (χ1n) is 5.39. The Morgan fingerprint density at radius 2 is 2.22 bits per heavy atom. The molecule has 18 heavy (non-hydrogen) atoms. The number of para-hydroxylation sites is 1. The molecular formula is C11H12N4O3. The Hall–Kier alpha value is -2.44. The van der Waals surface area contributed by atoms with E-state index >= 15 is 0 Å². The predicted octanol–water partition coefficient (Wildman–Crippen LogP) is 1.57. The van der Waals surface area contributed by atoms with E-state index in [9.17, 15) is 10.1 Å². The third kappa shape index (κ3) is 2.82. The van der Waals surface area contributed by atoms with Crippen molar-refractivity contribution in [2.24, 2.45) is 0 Å². The van der Waals surface area contributed by atoms with Crippen molar-refractivity contribution in [3.05, 3.63) is 46.3 Å². The van der Waals surface area contributed by atoms with Gasteiger partial charge in [-0.15, -0.1) is 0 Å². The number of benzene rings is 1. The molecule has 1 heterocycles. The van der Waals surface area contributed by atoms with Crippen molar-refractivity contribution in [2.45, 2.75) is 13.5 Å². The first-order chi connectivity index (χ1) is 8.66. The van der Waals surface area contributed by atoms with Gasteiger partial charge in [0.2, 0.25) is 6.33 Å². The van der Waals surface area contributed by atoms with E-state index in [-0.39, 0.29) is 0 Å². The van der Waals surface area contributed by atoms with Gasteiger partial charge in [-0.25, -0.2) is 0 Å². The number of aryl methyl sites for hydroxylation is 1. The van der Waals surface area contributed by atoms with Gasteiger partial charge in [0.25, 0.3) is 0 Å². The molecule has 0 aliphatic rings. The summed E-state index contributed by atoms with van der Waals surface area (Å²) in [5.74, 6) is 0.401. The summed E-state index contributed by atoms with van der Waals surface area (Å²) >= 11 is 0. The SMILES string of the molecule is Cc1ccccc1OCCn1cnc([N+](=O)[O-])n1. The molecule has 0 N–H and O–H groups in total. The maximum Gasteiger partial charge on any atom is 0.490 e. The maximum absolute atomic E-state index is 10.4. The summed E-state index contributed by atoms with van der Waals surface area (Å²) in [6.07, 6.45) is 1.32. The Morgan fingerprint density at radius 1 is 1.44 bits per heavy atom. The molecular weight excluding hydrogens is 236 g/mol. The molecule has 0 spiro atoms. The van der Waals surface area contributed by atoms with Crippen LogP contribution in [0, 0.1) is 17.0 Å². The second-order valence-electron chi connectivity index (χ2n) is 3.68. The predicted molar refractivity (Wildman–Crippen MR) is 63.4 cm³/mol. The van der Waals surface area contributed by atoms with Crippen LogP contribution in [-0.2, 0) is 6.54 Å². The smallest absolute Gasteiger partial charge is 0.490 e. The van der Waals surface area contributed by atoms with Crippen LogP contribution in [0.1, 0.15) is 5.56 Å². The minimum absolute atomic E-state index is 0.380. The fraction of sp³-hybridized carbons (Fsp3) is 0.273. The van der Waals surface area contributed by atoms with E-state index in [2.05, 4.69) is 10.1 Å². The lowest BCUT2D eigenvalue weighted by Crippen LogP contribution is -2.09. The van der Waals surface area contributed by atoms with Gasteiger partial charge in [-0.2, -0.15) is 4.68 Å². The normalized spacial score (nSPS) is 10.3. The lowest BCUT2D eigenvalue weighted by atomic mass is 10.2. The molecule has 0 saturated carbocycles. The number of nitrogens with zero attached hydrogens (tertiary/aromatic N) is 4. The highest BCUT2D eigenvalue weighted by atomic mass is 16.6. The minimum Gasteiger partial charge on any atom is -0.491 e. The summed E-state index contributed by atoms with van der Waals surface area (Å²) in [4.78, 5) is 13.3. The van der Waals surface area contributed by atoms with Crippen molar-refractivity contribution in [2.75, 3.05) is 6.61 Å². The average Bonchev–Trinajstić information content (AvgIpc) is 2.80. The highest BCUT2D eigenvalue weighted by Gasteiger charge is 2.12. The fourth-order valence-electron chi connectivity index (χ4n) is 1.44. The number of rotatable bonds is 5. The Balaban J connectivity index is 1.88. The van der Waals surface area contributed by atoms with Crippen LogP contribution in [0.2, 0.25) is 0 Å². The molecule has 0 aliphatic heterocycles. The molecule has 7 nitrogen and oxygen atoms in total. The minimum atomic E-state index is -0.626. The van der Waals surface area contributed by atoms with Gasteiger partial charge in [-0.1, -0.05) is 23.2 Å². The van der Waals surface area contributed by atoms with Gasteiger partial charge in [0, 0.05) is 5.10 Å². The maximum atomic E-state index is 10.4. The quantitative estimate of drug-likeness (QED) is 0.592. The molecule has 0 radical (unpaired) electrons. The molecule has 0 fully saturated rings. The van der Waals surface area contributed by atoms with Crippen molar-refractivity contribution in [1.29, 1.82) is 0 Å². The molecule has 0 unspecified atom stereocenters. The molecule has 94 valence electrons. The van der Waals surface area contributed by atoms with E-state index in [0.717, 1.165) is 11.3 Å². The lowest BCUT2D eigenvalue weighted by molar-refractivity contribution is -0.394. The third-order valence-electron chi connectivity index (χ3n) is 2.36. The second-order valence-corrected chi connectivity index (χ2v) is 3.68. The van der Waals surface area contributed by atoms with Crippen LogP contribution in [0.25, 0.3) is 0 Å². The summed E-state index contributed by atoms with van der Waals surface area (Å²) in [5.41, 5.74) is 1.04. The number of hydrogen-bond donors (Lipinski definition) is 0. The standard InChI is InChI=1S/C11H12N4O3/c1-9-4-2-3-5-10(9)18-7-6-14-8-12-11(13-14)15(16)17/h2-5,8H,6-7H2,1H3. The molecule has 1 aromatic carbocycles. The highest BCUT2D eigenvalue weighted by molar-refractivity contribution is 5.31. The topological polar surface area (TPSA) is 83.1 Å². The fourth-order valence-corrected chi connectivity index (χ4v) is 1.44. The monoisotopic (exact) mass is 248 g/mol. The largest absolute Gasteiger partial charge is 0.491 e. The van der Waals surface area contributed by atoms with Crippen molar-refractivity contribution in [3.8, 4) is 5.75 Å². The molecule has 2 rings (SSSR count). The number of aromatic nitrogens is 3. The zero-order valence-corrected chi connectivity index (χ0v) is 9.81. The molecule has 0 bridgehead atoms. The van der Waals surface area contributed by atoms with Gasteiger partial charge < -0.3 is 14.9 Å². The van der Waals surface area contributed by atoms with Crippen LogP contribution in [0.3, 0.4) is 0 Å². The Labute approximate surface area is 103 Å². The van der Waals surface area contributed by atoms with Gasteiger partial charge in [0.05, 0.1) is 6.54 Å². The Bertz CT molecular complexity index is 553. The summed E-state index contributed by atoms with van der Waals surface area (Å²) in [5, 5.41) is 14.1. The summed E-state index contributed by atoms with van der Waals surface area (Å²) in [6.45, 7) is 2.75. The van der Waals surface area contributed by atoms with Crippen molar-refractivity contribution >= 4 is 5.95 Å². The van der Waals surface area contributed by atoms with Crippen LogP contribution >= 0.6 is 0 Å². The van der Waals surface area contributed by atoms with Crippen LogP contribution in [0.15, 0.2) is 30.6 Å². The van der Waals surface area contributed by atoms with Gasteiger partial charge in [0.15, 0.2) is 0 Å². The zero-order valence-electron chi connectivity index (χ0n) is 9.81. The zero-order chi connectivity index (χ0) is 13.0. The number of nitro groups is 1. The molecule has 0 saturated heterocycles. The van der Waals surface area contributed by atoms with Crippen LogP contribution in [0.4, 0.5) is 5.95 Å². The Kier molecular flexibility index (Phi) is 3.52. The van der Waals surface area contributed by atoms with Gasteiger partial charge in [-0.05, 0) is 23.5 Å². The summed E-state index contributed by atoms with van der Waals surface area (Å²) < 4.78 is 6.94. The van der Waals surface area contributed by atoms with Crippen LogP contribution in [0.5, 0.6) is 5.75 Å². The van der Waals surface area contributed by atoms with E-state index in [1.165, 1.54) is 11.0 Å². The van der Waals surface area contributed by atoms with E-state index in [0.29, 0.717) is 13.2 Å². The van der Waals surface area contributed by atoms with Crippen LogP contribution in [-0.4, -0.2) is 26.3 Å². The number of hydrogen-bond acceptors (Lipinski definition) is 5. The summed E-state index contributed by atoms with van der Waals surface area (Å²) in [7, 11) is 0. The molecule has 1 aromatic heterocycles. The molecule has 2 aromatic rings. The average molecular weight is 248 g/mol. The second kappa shape index (κ2) is 5.26. The van der Waals surface area contributed by atoms with E-state index in [1.807, 2.05) is 31.2 Å². The molecule has 0 amide bonds. The van der Waals surface area contributed by atoms with Crippen molar-refractivity contribution < 1.29 is 9.66 Å². The first-order valence-corrected chi connectivity index (χ1v) is 5.39. The lowest BCUT2D eigenvalue weighted by Gasteiger charge is -2.07. The van der Waals surface area contributed by atoms with Gasteiger partial charge >= 0.3 is 5.95 Å². The van der Waals surface area contributed by atoms with E-state index in [4.69, 9.17) is 4.74 Å². The first kappa shape index (κ1) is 12.0. The third-order valence-corrected chi connectivity index (χ3v) is 2.36. The van der Waals surface area contributed by atoms with E-state index in [1.54, 1.807) is 0 Å².